The maximum absolute atomic E-state index is 13.5. The van der Waals surface area contributed by atoms with Crippen LogP contribution in [0.3, 0.4) is 0 Å². The molecule has 694 valence electrons. The Morgan fingerprint density at radius 2 is 0.902 bits per heavy atom. The third kappa shape index (κ3) is 47.1. The molecule has 2 heterocycles. The molecule has 9 rings (SSSR count). The molecule has 8 N–H and O–H groups in total. The molecule has 2 fully saturated rings. The van der Waals surface area contributed by atoms with Crippen LogP contribution in [-0.2, 0) is 54.4 Å². The molecule has 8 atom stereocenters. The molecule has 5 aromatic carbocycles. The van der Waals surface area contributed by atoms with E-state index in [1.54, 1.807) is 24.4 Å². The predicted octanol–water partition coefficient (Wildman–Crippen LogP) is 21.6. The molecule has 0 saturated heterocycles. The number of pyridine rings is 1. The summed E-state index contributed by atoms with van der Waals surface area (Å²) in [7, 11) is 0. The highest BCUT2D eigenvalue weighted by molar-refractivity contribution is 5.44. The molecule has 0 amide bonds. The molecule has 122 heavy (non-hydrogen) atoms. The van der Waals surface area contributed by atoms with Gasteiger partial charge in [-0.2, -0.15) is 4.39 Å². The Bertz CT molecular complexity index is 3440. The van der Waals surface area contributed by atoms with Crippen molar-refractivity contribution in [3.05, 3.63) is 172 Å². The van der Waals surface area contributed by atoms with Gasteiger partial charge in [-0.1, -0.05) is 206 Å². The molecule has 6 aromatic rings. The molecule has 2 saturated carbocycles. The first-order valence-electron chi connectivity index (χ1n) is 46.4. The minimum Gasteiger partial charge on any atom is -0.491 e. The lowest BCUT2D eigenvalue weighted by Crippen LogP contribution is -2.32. The number of nitrogens with zero attached hydrogens (tertiary/aromatic N) is 1. The first kappa shape index (κ1) is 111. The summed E-state index contributed by atoms with van der Waals surface area (Å²) in [6.07, 6.45) is 39.4. The van der Waals surface area contributed by atoms with Gasteiger partial charge in [-0.05, 0) is 237 Å². The Morgan fingerprint density at radius 1 is 0.418 bits per heavy atom. The summed E-state index contributed by atoms with van der Waals surface area (Å²) < 4.78 is 97.5. The molecule has 0 bridgehead atoms. The molecular weight excluding hydrogens is 1560 g/mol. The predicted molar refractivity (Wildman–Crippen MR) is 486 cm³/mol. The van der Waals surface area contributed by atoms with Gasteiger partial charge in [0.15, 0.2) is 23.1 Å². The second kappa shape index (κ2) is 71.5. The molecule has 8 unspecified atom stereocenters. The van der Waals surface area contributed by atoms with E-state index in [1.165, 1.54) is 138 Å². The number of rotatable bonds is 46. The molecule has 2 aliphatic carbocycles. The van der Waals surface area contributed by atoms with E-state index in [4.69, 9.17) is 78.7 Å². The second-order valence-electron chi connectivity index (χ2n) is 32.3. The fourth-order valence-corrected chi connectivity index (χ4v) is 14.2. The summed E-state index contributed by atoms with van der Waals surface area (Å²) in [6, 6.07) is 30.6. The fourth-order valence-electron chi connectivity index (χ4n) is 14.2. The van der Waals surface area contributed by atoms with Gasteiger partial charge in [0, 0.05) is 11.8 Å². The lowest BCUT2D eigenvalue weighted by molar-refractivity contribution is -0.0721. The number of hydrogen-bond donors (Lipinski definition) is 8. The maximum Gasteiger partial charge on any atom is 0.200 e. The number of hydrogen-bond acceptors (Lipinski definition) is 17. The number of benzene rings is 5. The van der Waals surface area contributed by atoms with Gasteiger partial charge in [-0.3, -0.25) is 4.98 Å². The van der Waals surface area contributed by atoms with E-state index in [9.17, 15) is 17.6 Å². The number of fused-ring (bicyclic) bond motifs is 1. The highest BCUT2D eigenvalue weighted by Gasteiger charge is 2.28. The maximum atomic E-state index is 13.5. The van der Waals surface area contributed by atoms with Crippen molar-refractivity contribution >= 4 is 0 Å². The van der Waals surface area contributed by atoms with E-state index >= 15 is 0 Å². The van der Waals surface area contributed by atoms with E-state index in [0.717, 1.165) is 143 Å². The monoisotopic (exact) mass is 1720 g/mol. The summed E-state index contributed by atoms with van der Waals surface area (Å²) in [6.45, 7) is 26.1. The van der Waals surface area contributed by atoms with Crippen LogP contribution in [0.15, 0.2) is 109 Å². The Hall–Kier alpha value is -6.63. The van der Waals surface area contributed by atoms with Gasteiger partial charge in [0.05, 0.1) is 83.5 Å². The van der Waals surface area contributed by atoms with Crippen LogP contribution in [-0.4, -0.2) is 162 Å². The average molecular weight is 1720 g/mol. The van der Waals surface area contributed by atoms with Gasteiger partial charge in [-0.15, -0.1) is 0 Å². The number of aliphatic hydroxyl groups excluding tert-OH is 8. The van der Waals surface area contributed by atoms with Crippen molar-refractivity contribution in [2.75, 3.05) is 79.3 Å². The Morgan fingerprint density at radius 3 is 1.49 bits per heavy atom. The number of unbranched alkanes of at least 4 members (excludes halogenated alkanes) is 7. The number of halogens is 4. The van der Waals surface area contributed by atoms with Gasteiger partial charge < -0.3 is 78.7 Å². The van der Waals surface area contributed by atoms with Crippen molar-refractivity contribution < 1.29 is 96.3 Å². The number of aromatic nitrogens is 1. The standard InChI is InChI=1S/C14H20O2.C14H22O2.C13H26O2.C12H16F2O2.2C12H17FO2.C12H19NO2.C12H24O2/c1-2-3-5-11-6-4-7-12-8-9-13(10-15)16-14(11)12;1-11(2)8-9-13-6-4-5-7-14(13)16-12(3)10-15;1-3-4-7-12-8-5-6-9-13(12)15-11(2)10-14;1-2-3-4-9-5-6-10(13)11(14)12(9)16-8-7-15;1-2-3-5-10-11(13)6-4-7-12(10)15-9-8-14;1-2-3-5-10-6-4-7-11(13)12(10)15-9-8-14;1-3-4-6-11-12(7-5-8-13-11)15-10(2)9-14;1-2-3-6-11-7-4-5-8-12(11)14-10-9-13/h4,6-7,13,15H,2-3,5,8-10H2,1H3;4-7,11-12,15H,8-10H2,1-3H3;11-14H,3-10H2,1-2H3;5-6,15H,2-4,7-8H2,1H3;2*4,6-7,14H,2-3,5,8-9H2,1H3;5,7-8,10,14H,3-4,6,9H2,1-2H3;11-13H,2-10H2,1H3. The number of para-hydroxylation sites is 3. The number of aliphatic hydroxyl groups is 8. The van der Waals surface area contributed by atoms with Crippen molar-refractivity contribution in [1.82, 2.24) is 4.98 Å². The molecule has 3 aliphatic rings. The minimum atomic E-state index is -0.970. The van der Waals surface area contributed by atoms with E-state index in [2.05, 4.69) is 84.6 Å². The highest BCUT2D eigenvalue weighted by atomic mass is 19.2. The molecule has 0 radical (unpaired) electrons. The van der Waals surface area contributed by atoms with Crippen molar-refractivity contribution in [2.24, 2.45) is 17.8 Å². The largest absolute Gasteiger partial charge is 0.491 e. The third-order valence-corrected chi connectivity index (χ3v) is 21.2. The first-order chi connectivity index (χ1) is 59.2. The van der Waals surface area contributed by atoms with Crippen molar-refractivity contribution in [3.63, 3.8) is 0 Å². The summed E-state index contributed by atoms with van der Waals surface area (Å²) >= 11 is 0. The third-order valence-electron chi connectivity index (χ3n) is 21.2. The van der Waals surface area contributed by atoms with Crippen LogP contribution in [0, 0.1) is 41.0 Å². The molecular formula is C101H161F4NO16. The summed E-state index contributed by atoms with van der Waals surface area (Å²) in [5, 5.41) is 70.7. The lowest BCUT2D eigenvalue weighted by atomic mass is 9.83. The van der Waals surface area contributed by atoms with Gasteiger partial charge in [-0.25, -0.2) is 13.2 Å². The topological polar surface area (TPSA) is 249 Å². The zero-order valence-corrected chi connectivity index (χ0v) is 76.7. The zero-order chi connectivity index (χ0) is 89.9. The van der Waals surface area contributed by atoms with Crippen molar-refractivity contribution in [3.8, 4) is 34.5 Å². The van der Waals surface area contributed by atoms with E-state index in [1.807, 2.05) is 64.1 Å². The van der Waals surface area contributed by atoms with Crippen LogP contribution < -0.4 is 28.4 Å². The lowest BCUT2D eigenvalue weighted by Gasteiger charge is -2.33. The van der Waals surface area contributed by atoms with E-state index < -0.39 is 11.6 Å². The molecule has 21 heteroatoms. The van der Waals surface area contributed by atoms with Crippen molar-refractivity contribution in [2.45, 2.75) is 332 Å². The van der Waals surface area contributed by atoms with Gasteiger partial charge in [0.1, 0.15) is 66.9 Å². The van der Waals surface area contributed by atoms with Crippen LogP contribution >= 0.6 is 0 Å². The summed E-state index contributed by atoms with van der Waals surface area (Å²) in [5.74, 6) is 3.26. The molecule has 17 nitrogen and oxygen atoms in total. The van der Waals surface area contributed by atoms with Crippen LogP contribution in [0.4, 0.5) is 17.6 Å². The minimum absolute atomic E-state index is 0.00437. The Kier molecular flexibility index (Phi) is 65.3. The van der Waals surface area contributed by atoms with Crippen LogP contribution in [0.2, 0.25) is 0 Å². The first-order valence-corrected chi connectivity index (χ1v) is 46.4. The van der Waals surface area contributed by atoms with E-state index in [-0.39, 0.29) is 114 Å². The Labute approximate surface area is 732 Å². The summed E-state index contributed by atoms with van der Waals surface area (Å²) in [4.78, 5) is 4.30. The normalized spacial score (nSPS) is 16.4. The average Bonchev–Trinajstić information content (AvgIpc) is 0.793. The van der Waals surface area contributed by atoms with Gasteiger partial charge in [0.2, 0.25) is 5.82 Å². The smallest absolute Gasteiger partial charge is 0.200 e. The SMILES string of the molecule is CC(C)CCc1ccccc1OC(C)CO.CCCCC1CCCCC1OC(C)CO.CCCCC1CCCCC1OCCO.CCCCc1c(F)cccc1OCCO.CCCCc1ccc(F)c(F)c1OCCO.CCCCc1cccc(F)c1OCCO.CCCCc1cccc2c1OC(CO)CC2.CCCCc1ncccc1OC(C)CO. The molecule has 1 aromatic heterocycles. The molecule has 1 aliphatic heterocycles. The van der Waals surface area contributed by atoms with Crippen LogP contribution in [0.25, 0.3) is 0 Å². The van der Waals surface area contributed by atoms with E-state index in [0.29, 0.717) is 60.2 Å². The zero-order valence-electron chi connectivity index (χ0n) is 76.7. The second-order valence-corrected chi connectivity index (χ2v) is 32.3. The van der Waals surface area contributed by atoms with Crippen LogP contribution in [0.5, 0.6) is 34.5 Å². The van der Waals surface area contributed by atoms with Crippen LogP contribution in [0.1, 0.15) is 289 Å². The van der Waals surface area contributed by atoms with Gasteiger partial charge in [0.25, 0.3) is 0 Å². The summed E-state index contributed by atoms with van der Waals surface area (Å²) in [5.41, 5.74) is 6.97. The van der Waals surface area contributed by atoms with Gasteiger partial charge >= 0.3 is 0 Å². The quantitative estimate of drug-likeness (QED) is 0.0166. The fraction of sp³-hybridized carbons (Fsp3) is 0.653. The Balaban J connectivity index is 0.000000473. The van der Waals surface area contributed by atoms with Crippen molar-refractivity contribution in [1.29, 1.82) is 0 Å². The number of ether oxygens (including phenoxy) is 8. The highest BCUT2D eigenvalue weighted by Crippen LogP contribution is 2.36. The molecule has 0 spiro atoms. The number of aryl methyl sites for hydroxylation is 6.